The van der Waals surface area contributed by atoms with Gasteiger partial charge in [-0.2, -0.15) is 9.78 Å². The Kier molecular flexibility index (Phi) is 1.70. The lowest BCUT2D eigenvalue weighted by Crippen LogP contribution is -2.05. The maximum atomic E-state index is 5.63. The van der Waals surface area contributed by atoms with Gasteiger partial charge in [-0.05, 0) is 12.5 Å². The summed E-state index contributed by atoms with van der Waals surface area (Å²) in [6.45, 7) is 1.93. The number of hydrogen-bond donors (Lipinski definition) is 1. The monoisotopic (exact) mass is 175 g/mol. The van der Waals surface area contributed by atoms with Gasteiger partial charge in [-0.25, -0.2) is 9.97 Å². The molecule has 66 valence electrons. The van der Waals surface area contributed by atoms with Gasteiger partial charge >= 0.3 is 0 Å². The van der Waals surface area contributed by atoms with Gasteiger partial charge < -0.3 is 5.73 Å². The van der Waals surface area contributed by atoms with Crippen molar-refractivity contribution in [2.45, 2.75) is 6.92 Å². The molecule has 0 atom stereocenters. The normalized spacial score (nSPS) is 10.2. The van der Waals surface area contributed by atoms with Gasteiger partial charge in [0.1, 0.15) is 5.82 Å². The summed E-state index contributed by atoms with van der Waals surface area (Å²) in [6.07, 6.45) is 5.06. The van der Waals surface area contributed by atoms with Crippen molar-refractivity contribution in [1.82, 2.24) is 19.7 Å². The van der Waals surface area contributed by atoms with E-state index in [-0.39, 0.29) is 0 Å². The summed E-state index contributed by atoms with van der Waals surface area (Å²) in [7, 11) is 0. The van der Waals surface area contributed by atoms with Gasteiger partial charge in [-0.1, -0.05) is 0 Å². The summed E-state index contributed by atoms with van der Waals surface area (Å²) in [5.41, 5.74) is 6.64. The Balaban J connectivity index is 2.47. The van der Waals surface area contributed by atoms with E-state index in [1.807, 2.05) is 6.92 Å². The molecular weight excluding hydrogens is 166 g/mol. The summed E-state index contributed by atoms with van der Waals surface area (Å²) in [4.78, 5) is 8.18. The Morgan fingerprint density at radius 2 is 2.00 bits per heavy atom. The molecule has 0 aliphatic rings. The van der Waals surface area contributed by atoms with E-state index in [9.17, 15) is 0 Å². The molecule has 2 N–H and O–H groups in total. The van der Waals surface area contributed by atoms with Crippen LogP contribution in [0.15, 0.2) is 24.7 Å². The van der Waals surface area contributed by atoms with E-state index >= 15 is 0 Å². The number of aromatic nitrogens is 4. The molecule has 0 saturated heterocycles. The molecular formula is C8H9N5. The van der Waals surface area contributed by atoms with Gasteiger partial charge in [0.2, 0.25) is 0 Å². The molecule has 2 aromatic rings. The summed E-state index contributed by atoms with van der Waals surface area (Å²) < 4.78 is 1.49. The number of rotatable bonds is 1. The summed E-state index contributed by atoms with van der Waals surface area (Å²) in [5, 5.41) is 3.98. The van der Waals surface area contributed by atoms with E-state index in [4.69, 9.17) is 5.73 Å². The highest BCUT2D eigenvalue weighted by Gasteiger charge is 2.02. The average Bonchev–Trinajstić information content (AvgIpc) is 2.53. The van der Waals surface area contributed by atoms with Crippen molar-refractivity contribution >= 4 is 5.82 Å². The van der Waals surface area contributed by atoms with Crippen molar-refractivity contribution in [3.8, 4) is 5.95 Å². The Morgan fingerprint density at radius 1 is 1.31 bits per heavy atom. The highest BCUT2D eigenvalue weighted by Crippen LogP contribution is 2.05. The zero-order chi connectivity index (χ0) is 9.26. The minimum absolute atomic E-state index is 0.494. The lowest BCUT2D eigenvalue weighted by molar-refractivity contribution is 0.814. The fraction of sp³-hybridized carbons (Fsp3) is 0.125. The number of aryl methyl sites for hydroxylation is 1. The van der Waals surface area contributed by atoms with Crippen LogP contribution in [0.4, 0.5) is 5.82 Å². The van der Waals surface area contributed by atoms with Crippen LogP contribution in [-0.4, -0.2) is 19.7 Å². The Hall–Kier alpha value is -1.91. The predicted octanol–water partition coefficient (Wildman–Crippen LogP) is 0.553. The molecule has 0 bridgehead atoms. The minimum atomic E-state index is 0.494. The molecule has 0 saturated carbocycles. The maximum absolute atomic E-state index is 5.63. The average molecular weight is 175 g/mol. The molecule has 0 spiro atoms. The third kappa shape index (κ3) is 1.35. The number of nitrogens with zero attached hydrogens (tertiary/aromatic N) is 4. The Labute approximate surface area is 75.2 Å². The standard InChI is InChI=1S/C8H9N5/c1-6-4-10-8(11-5-6)13-7(9)2-3-12-13/h2-5H,9H2,1H3. The second-order valence-electron chi connectivity index (χ2n) is 2.73. The molecule has 0 fully saturated rings. The number of nitrogen functional groups attached to an aromatic ring is 1. The van der Waals surface area contributed by atoms with Gasteiger partial charge in [-0.3, -0.25) is 0 Å². The molecule has 13 heavy (non-hydrogen) atoms. The van der Waals surface area contributed by atoms with Gasteiger partial charge in [0.25, 0.3) is 5.95 Å². The van der Waals surface area contributed by atoms with E-state index in [1.54, 1.807) is 24.7 Å². The van der Waals surface area contributed by atoms with Crippen LogP contribution >= 0.6 is 0 Å². The highest BCUT2D eigenvalue weighted by molar-refractivity contribution is 5.33. The Morgan fingerprint density at radius 3 is 2.54 bits per heavy atom. The molecule has 2 aromatic heterocycles. The zero-order valence-electron chi connectivity index (χ0n) is 7.18. The smallest absolute Gasteiger partial charge is 0.252 e. The molecule has 2 rings (SSSR count). The van der Waals surface area contributed by atoms with E-state index in [0.717, 1.165) is 5.56 Å². The quantitative estimate of drug-likeness (QED) is 0.687. The van der Waals surface area contributed by atoms with Crippen LogP contribution in [0.3, 0.4) is 0 Å². The second-order valence-corrected chi connectivity index (χ2v) is 2.73. The van der Waals surface area contributed by atoms with E-state index in [1.165, 1.54) is 4.68 Å². The molecule has 5 nitrogen and oxygen atoms in total. The first kappa shape index (κ1) is 7.72. The molecule has 0 unspecified atom stereocenters. The van der Waals surface area contributed by atoms with E-state index in [0.29, 0.717) is 11.8 Å². The van der Waals surface area contributed by atoms with Crippen molar-refractivity contribution in [3.63, 3.8) is 0 Å². The second kappa shape index (κ2) is 2.85. The largest absolute Gasteiger partial charge is 0.383 e. The summed E-state index contributed by atoms with van der Waals surface area (Å²) in [5.74, 6) is 1.02. The molecule has 2 heterocycles. The molecule has 0 aromatic carbocycles. The molecule has 5 heteroatoms. The first-order valence-electron chi connectivity index (χ1n) is 3.86. The van der Waals surface area contributed by atoms with Crippen molar-refractivity contribution in [2.24, 2.45) is 0 Å². The summed E-state index contributed by atoms with van der Waals surface area (Å²) in [6, 6.07) is 1.70. The van der Waals surface area contributed by atoms with Gasteiger partial charge in [0, 0.05) is 18.5 Å². The molecule has 0 aliphatic heterocycles. The van der Waals surface area contributed by atoms with Crippen molar-refractivity contribution in [3.05, 3.63) is 30.2 Å². The van der Waals surface area contributed by atoms with Gasteiger partial charge in [0.15, 0.2) is 0 Å². The third-order valence-corrected chi connectivity index (χ3v) is 1.63. The van der Waals surface area contributed by atoms with Crippen LogP contribution in [0.2, 0.25) is 0 Å². The Bertz CT molecular complexity index is 403. The van der Waals surface area contributed by atoms with Gasteiger partial charge in [-0.15, -0.1) is 0 Å². The minimum Gasteiger partial charge on any atom is -0.383 e. The van der Waals surface area contributed by atoms with Gasteiger partial charge in [0.05, 0.1) is 6.20 Å². The van der Waals surface area contributed by atoms with Crippen molar-refractivity contribution in [1.29, 1.82) is 0 Å². The first-order chi connectivity index (χ1) is 6.27. The van der Waals surface area contributed by atoms with Crippen LogP contribution in [0.5, 0.6) is 0 Å². The van der Waals surface area contributed by atoms with Crippen LogP contribution < -0.4 is 5.73 Å². The fourth-order valence-corrected chi connectivity index (χ4v) is 0.976. The molecule has 0 radical (unpaired) electrons. The van der Waals surface area contributed by atoms with Crippen LogP contribution in [0, 0.1) is 6.92 Å². The topological polar surface area (TPSA) is 69.6 Å². The fourth-order valence-electron chi connectivity index (χ4n) is 0.976. The lowest BCUT2D eigenvalue weighted by atomic mass is 10.4. The van der Waals surface area contributed by atoms with Crippen LogP contribution in [-0.2, 0) is 0 Å². The van der Waals surface area contributed by atoms with Crippen molar-refractivity contribution < 1.29 is 0 Å². The van der Waals surface area contributed by atoms with E-state index < -0.39 is 0 Å². The predicted molar refractivity (Wildman–Crippen MR) is 48.3 cm³/mol. The maximum Gasteiger partial charge on any atom is 0.252 e. The number of anilines is 1. The first-order valence-corrected chi connectivity index (χ1v) is 3.86. The molecule has 0 aliphatic carbocycles. The number of hydrogen-bond acceptors (Lipinski definition) is 4. The zero-order valence-corrected chi connectivity index (χ0v) is 7.18. The molecule has 0 amide bonds. The summed E-state index contributed by atoms with van der Waals surface area (Å²) >= 11 is 0. The highest BCUT2D eigenvalue weighted by atomic mass is 15.4. The lowest BCUT2D eigenvalue weighted by Gasteiger charge is -2.00. The van der Waals surface area contributed by atoms with Crippen LogP contribution in [0.25, 0.3) is 5.95 Å². The SMILES string of the molecule is Cc1cnc(-n2nccc2N)nc1. The van der Waals surface area contributed by atoms with Crippen molar-refractivity contribution in [2.75, 3.05) is 5.73 Å². The van der Waals surface area contributed by atoms with E-state index in [2.05, 4.69) is 15.1 Å². The third-order valence-electron chi connectivity index (χ3n) is 1.63. The number of nitrogens with two attached hydrogens (primary N) is 1. The van der Waals surface area contributed by atoms with Crippen LogP contribution in [0.1, 0.15) is 5.56 Å².